The van der Waals surface area contributed by atoms with Gasteiger partial charge < -0.3 is 9.47 Å². The van der Waals surface area contributed by atoms with Crippen LogP contribution < -0.4 is 9.47 Å². The first-order valence-electron chi connectivity index (χ1n) is 6.63. The molecule has 0 N–H and O–H groups in total. The highest BCUT2D eigenvalue weighted by Crippen LogP contribution is 2.74. The fourth-order valence-electron chi connectivity index (χ4n) is 3.20. The minimum atomic E-state index is 0.345. The maximum absolute atomic E-state index is 5.39. The smallest absolute Gasteiger partial charge is 0.161 e. The zero-order valence-electron chi connectivity index (χ0n) is 12.6. The van der Waals surface area contributed by atoms with E-state index in [1.54, 1.807) is 14.2 Å². The second kappa shape index (κ2) is 4.69. The molecule has 1 saturated carbocycles. The van der Waals surface area contributed by atoms with Crippen LogP contribution in [-0.2, 0) is 0 Å². The van der Waals surface area contributed by atoms with Gasteiger partial charge in [0.1, 0.15) is 0 Å². The van der Waals surface area contributed by atoms with E-state index >= 15 is 0 Å². The van der Waals surface area contributed by atoms with E-state index < -0.39 is 0 Å². The Morgan fingerprint density at radius 1 is 1.00 bits per heavy atom. The molecule has 2 nitrogen and oxygen atoms in total. The monoisotopic (exact) mass is 326 g/mol. The van der Waals surface area contributed by atoms with Crippen LogP contribution in [0.2, 0.25) is 0 Å². The van der Waals surface area contributed by atoms with Gasteiger partial charge in [0.25, 0.3) is 0 Å². The van der Waals surface area contributed by atoms with Gasteiger partial charge in [-0.15, -0.1) is 0 Å². The van der Waals surface area contributed by atoms with Crippen LogP contribution in [0.15, 0.2) is 18.2 Å². The van der Waals surface area contributed by atoms with Crippen molar-refractivity contribution in [2.24, 2.45) is 16.7 Å². The summed E-state index contributed by atoms with van der Waals surface area (Å²) in [5.41, 5.74) is 1.96. The van der Waals surface area contributed by atoms with E-state index in [9.17, 15) is 0 Å². The Kier molecular flexibility index (Phi) is 3.63. The molecule has 106 valence electrons. The van der Waals surface area contributed by atoms with E-state index in [1.807, 2.05) is 6.07 Å². The highest BCUT2D eigenvalue weighted by Gasteiger charge is 2.66. The van der Waals surface area contributed by atoms with Crippen molar-refractivity contribution < 1.29 is 9.47 Å². The molecule has 1 atom stereocenters. The van der Waals surface area contributed by atoms with Gasteiger partial charge in [-0.25, -0.2) is 0 Å². The summed E-state index contributed by atoms with van der Waals surface area (Å²) in [6.07, 6.45) is 0. The summed E-state index contributed by atoms with van der Waals surface area (Å²) in [5.74, 6) is 2.19. The number of halogens is 1. The molecule has 0 heterocycles. The molecule has 0 spiro atoms. The van der Waals surface area contributed by atoms with E-state index in [4.69, 9.17) is 9.47 Å². The molecule has 1 fully saturated rings. The highest BCUT2D eigenvalue weighted by molar-refractivity contribution is 9.09. The Morgan fingerprint density at radius 3 is 1.95 bits per heavy atom. The summed E-state index contributed by atoms with van der Waals surface area (Å²) < 4.78 is 10.7. The summed E-state index contributed by atoms with van der Waals surface area (Å²) in [4.78, 5) is 0.345. The van der Waals surface area contributed by atoms with E-state index in [-0.39, 0.29) is 0 Å². The van der Waals surface area contributed by atoms with Crippen LogP contribution in [0.1, 0.15) is 38.1 Å². The first-order chi connectivity index (χ1) is 8.77. The summed E-state index contributed by atoms with van der Waals surface area (Å²) in [5, 5.41) is 0. The zero-order valence-corrected chi connectivity index (χ0v) is 14.2. The van der Waals surface area contributed by atoms with Crippen molar-refractivity contribution in [3.63, 3.8) is 0 Å². The first kappa shape index (κ1) is 14.7. The van der Waals surface area contributed by atoms with Crippen molar-refractivity contribution in [2.45, 2.75) is 32.5 Å². The SMILES string of the molecule is COc1ccc(C(Br)C2C(C)(C)C2(C)C)cc1OC. The van der Waals surface area contributed by atoms with Crippen LogP contribution in [0.4, 0.5) is 0 Å². The van der Waals surface area contributed by atoms with Crippen molar-refractivity contribution in [1.29, 1.82) is 0 Å². The molecule has 0 saturated heterocycles. The molecule has 1 aromatic rings. The summed E-state index contributed by atoms with van der Waals surface area (Å²) >= 11 is 3.88. The lowest BCUT2D eigenvalue weighted by atomic mass is 10.0. The average Bonchev–Trinajstić information content (AvgIpc) is 2.78. The van der Waals surface area contributed by atoms with Gasteiger partial charge in [-0.1, -0.05) is 49.7 Å². The van der Waals surface area contributed by atoms with Crippen molar-refractivity contribution in [3.05, 3.63) is 23.8 Å². The van der Waals surface area contributed by atoms with Gasteiger partial charge in [-0.3, -0.25) is 0 Å². The lowest BCUT2D eigenvalue weighted by molar-refractivity contribution is 0.354. The maximum Gasteiger partial charge on any atom is 0.161 e. The third kappa shape index (κ3) is 2.16. The third-order valence-electron chi connectivity index (χ3n) is 5.15. The van der Waals surface area contributed by atoms with E-state index in [0.29, 0.717) is 21.6 Å². The Labute approximate surface area is 124 Å². The molecule has 2 rings (SSSR count). The normalized spacial score (nSPS) is 21.8. The molecule has 1 aromatic carbocycles. The predicted molar refractivity (Wildman–Crippen MR) is 82.3 cm³/mol. The Balaban J connectivity index is 2.29. The van der Waals surface area contributed by atoms with Gasteiger partial charge >= 0.3 is 0 Å². The number of rotatable bonds is 4. The standard InChI is InChI=1S/C16H23BrO2/c1-15(2)14(16(15,3)4)13(17)10-7-8-11(18-5)12(9-10)19-6/h7-9,13-14H,1-6H3. The predicted octanol–water partition coefficient (Wildman–Crippen LogP) is 4.82. The number of hydrogen-bond acceptors (Lipinski definition) is 2. The number of methoxy groups -OCH3 is 2. The Hall–Kier alpha value is -0.700. The van der Waals surface area contributed by atoms with Crippen LogP contribution >= 0.6 is 15.9 Å². The largest absolute Gasteiger partial charge is 0.493 e. The van der Waals surface area contributed by atoms with Crippen molar-refractivity contribution in [1.82, 2.24) is 0 Å². The van der Waals surface area contributed by atoms with Gasteiger partial charge in [0.15, 0.2) is 11.5 Å². The van der Waals surface area contributed by atoms with Gasteiger partial charge in [-0.2, -0.15) is 0 Å². The van der Waals surface area contributed by atoms with Crippen molar-refractivity contribution >= 4 is 15.9 Å². The van der Waals surface area contributed by atoms with Crippen LogP contribution in [0.25, 0.3) is 0 Å². The fraction of sp³-hybridized carbons (Fsp3) is 0.625. The molecule has 1 unspecified atom stereocenters. The van der Waals surface area contributed by atoms with Gasteiger partial charge in [0.05, 0.1) is 14.2 Å². The maximum atomic E-state index is 5.39. The van der Waals surface area contributed by atoms with E-state index in [1.165, 1.54) is 5.56 Å². The lowest BCUT2D eigenvalue weighted by Gasteiger charge is -2.15. The lowest BCUT2D eigenvalue weighted by Crippen LogP contribution is -2.00. The van der Waals surface area contributed by atoms with Crippen molar-refractivity contribution in [3.8, 4) is 11.5 Å². The van der Waals surface area contributed by atoms with Crippen LogP contribution in [0.5, 0.6) is 11.5 Å². The molecule has 0 aliphatic heterocycles. The molecule has 0 bridgehead atoms. The number of ether oxygens (including phenoxy) is 2. The molecular weight excluding hydrogens is 304 g/mol. The van der Waals surface area contributed by atoms with Crippen LogP contribution in [-0.4, -0.2) is 14.2 Å². The molecule has 19 heavy (non-hydrogen) atoms. The minimum absolute atomic E-state index is 0.345. The van der Waals surface area contributed by atoms with Gasteiger partial charge in [-0.05, 0) is 34.4 Å². The van der Waals surface area contributed by atoms with Crippen LogP contribution in [0, 0.1) is 16.7 Å². The topological polar surface area (TPSA) is 18.5 Å². The first-order valence-corrected chi connectivity index (χ1v) is 7.55. The number of benzene rings is 1. The summed E-state index contributed by atoms with van der Waals surface area (Å²) in [7, 11) is 3.34. The molecule has 0 aromatic heterocycles. The molecule has 3 heteroatoms. The van der Waals surface area contributed by atoms with Crippen molar-refractivity contribution in [2.75, 3.05) is 14.2 Å². The molecule has 1 aliphatic carbocycles. The van der Waals surface area contributed by atoms with E-state index in [2.05, 4.69) is 55.8 Å². The van der Waals surface area contributed by atoms with Crippen LogP contribution in [0.3, 0.4) is 0 Å². The second-order valence-electron chi connectivity index (χ2n) is 6.44. The number of hydrogen-bond donors (Lipinski definition) is 0. The molecule has 1 aliphatic rings. The second-order valence-corrected chi connectivity index (χ2v) is 7.42. The third-order valence-corrected chi connectivity index (χ3v) is 6.21. The summed E-state index contributed by atoms with van der Waals surface area (Å²) in [6.45, 7) is 9.36. The molecule has 0 radical (unpaired) electrons. The Morgan fingerprint density at radius 2 is 1.53 bits per heavy atom. The highest BCUT2D eigenvalue weighted by atomic mass is 79.9. The van der Waals surface area contributed by atoms with Gasteiger partial charge in [0, 0.05) is 4.83 Å². The number of alkyl halides is 1. The fourth-order valence-corrected chi connectivity index (χ4v) is 4.80. The Bertz CT molecular complexity index is 466. The summed E-state index contributed by atoms with van der Waals surface area (Å²) in [6, 6.07) is 6.17. The van der Waals surface area contributed by atoms with Gasteiger partial charge in [0.2, 0.25) is 0 Å². The van der Waals surface area contributed by atoms with E-state index in [0.717, 1.165) is 11.5 Å². The average molecular weight is 327 g/mol. The zero-order chi connectivity index (χ0) is 14.4. The molecular formula is C16H23BrO2. The quantitative estimate of drug-likeness (QED) is 0.738. The minimum Gasteiger partial charge on any atom is -0.493 e. The molecule has 0 amide bonds.